The molecule has 0 bridgehead atoms. The van der Waals surface area contributed by atoms with Gasteiger partial charge in [-0.3, -0.25) is 4.79 Å². The van der Waals surface area contributed by atoms with Crippen LogP contribution >= 0.6 is 0 Å². The first-order valence-corrected chi connectivity index (χ1v) is 9.51. The fourth-order valence-corrected chi connectivity index (χ4v) is 4.35. The normalized spacial score (nSPS) is 16.6. The topological polar surface area (TPSA) is 60.9 Å². The molecule has 0 saturated carbocycles. The van der Waals surface area contributed by atoms with Crippen molar-refractivity contribution in [2.75, 3.05) is 39.3 Å². The van der Waals surface area contributed by atoms with E-state index in [9.17, 15) is 17.6 Å². The van der Waals surface area contributed by atoms with Gasteiger partial charge in [-0.25, -0.2) is 4.39 Å². The number of piperazine rings is 1. The Bertz CT molecular complexity index is 697. The van der Waals surface area contributed by atoms with Crippen LogP contribution in [0.25, 0.3) is 0 Å². The fourth-order valence-electron chi connectivity index (χ4n) is 2.74. The monoisotopic (exact) mass is 357 g/mol. The molecule has 2 rings (SSSR count). The molecule has 1 fully saturated rings. The van der Waals surface area contributed by atoms with Crippen molar-refractivity contribution in [2.45, 2.75) is 20.8 Å². The van der Waals surface area contributed by atoms with Crippen molar-refractivity contribution in [2.24, 2.45) is 0 Å². The van der Waals surface area contributed by atoms with E-state index in [1.54, 1.807) is 37.8 Å². The molecule has 0 spiro atoms. The summed E-state index contributed by atoms with van der Waals surface area (Å²) in [4.78, 5) is 14.0. The van der Waals surface area contributed by atoms with E-state index in [4.69, 9.17) is 0 Å². The van der Waals surface area contributed by atoms with Crippen molar-refractivity contribution in [3.05, 3.63) is 35.1 Å². The highest BCUT2D eigenvalue weighted by Crippen LogP contribution is 2.16. The Balaban J connectivity index is 2.04. The van der Waals surface area contributed by atoms with Crippen molar-refractivity contribution in [1.82, 2.24) is 13.5 Å². The van der Waals surface area contributed by atoms with Crippen molar-refractivity contribution in [3.8, 4) is 0 Å². The second-order valence-corrected chi connectivity index (χ2v) is 7.68. The average molecular weight is 357 g/mol. The van der Waals surface area contributed by atoms with Gasteiger partial charge in [0.2, 0.25) is 0 Å². The molecule has 0 N–H and O–H groups in total. The second kappa shape index (κ2) is 7.58. The lowest BCUT2D eigenvalue weighted by Crippen LogP contribution is -2.54. The number of halogens is 1. The first kappa shape index (κ1) is 18.8. The number of amides is 1. The van der Waals surface area contributed by atoms with Gasteiger partial charge in [0.25, 0.3) is 16.1 Å². The number of benzene rings is 1. The standard InChI is InChI=1S/C16H24FN3O3S/c1-4-19(5-2)24(22,23)20-10-8-18(9-11-20)16(21)14-7-6-13(3)15(17)12-14/h6-7,12H,4-5,8-11H2,1-3H3. The molecule has 1 amide bonds. The van der Waals surface area contributed by atoms with Gasteiger partial charge in [-0.05, 0) is 24.6 Å². The summed E-state index contributed by atoms with van der Waals surface area (Å²) in [6.45, 7) is 7.17. The third kappa shape index (κ3) is 3.76. The molecule has 0 unspecified atom stereocenters. The number of hydrogen-bond donors (Lipinski definition) is 0. The molecule has 1 heterocycles. The van der Waals surface area contributed by atoms with Crippen LogP contribution in [0.2, 0.25) is 0 Å². The summed E-state index contributed by atoms with van der Waals surface area (Å²) < 4.78 is 41.4. The van der Waals surface area contributed by atoms with Gasteiger partial charge in [-0.1, -0.05) is 19.9 Å². The number of aryl methyl sites for hydroxylation is 1. The van der Waals surface area contributed by atoms with Gasteiger partial charge >= 0.3 is 0 Å². The molecular weight excluding hydrogens is 333 g/mol. The maximum atomic E-state index is 13.6. The van der Waals surface area contributed by atoms with Crippen molar-refractivity contribution >= 4 is 16.1 Å². The SMILES string of the molecule is CCN(CC)S(=O)(=O)N1CCN(C(=O)c2ccc(C)c(F)c2)CC1. The quantitative estimate of drug-likeness (QED) is 0.802. The van der Waals surface area contributed by atoms with Crippen LogP contribution in [0, 0.1) is 12.7 Å². The zero-order valence-corrected chi connectivity index (χ0v) is 15.1. The molecule has 24 heavy (non-hydrogen) atoms. The van der Waals surface area contributed by atoms with E-state index in [-0.39, 0.29) is 24.6 Å². The van der Waals surface area contributed by atoms with Crippen LogP contribution in [0.5, 0.6) is 0 Å². The molecule has 0 radical (unpaired) electrons. The average Bonchev–Trinajstić information content (AvgIpc) is 2.57. The van der Waals surface area contributed by atoms with Crippen molar-refractivity contribution in [3.63, 3.8) is 0 Å². The van der Waals surface area contributed by atoms with Gasteiger partial charge in [0.1, 0.15) is 5.82 Å². The van der Waals surface area contributed by atoms with Crippen LogP contribution in [0.15, 0.2) is 18.2 Å². The summed E-state index contributed by atoms with van der Waals surface area (Å²) in [5.41, 5.74) is 0.778. The molecule has 0 aromatic heterocycles. The van der Waals surface area contributed by atoms with E-state index in [1.165, 1.54) is 14.7 Å². The number of carbonyl (C=O) groups excluding carboxylic acids is 1. The first-order chi connectivity index (χ1) is 11.3. The van der Waals surface area contributed by atoms with Crippen molar-refractivity contribution < 1.29 is 17.6 Å². The van der Waals surface area contributed by atoms with Crippen LogP contribution in [0.4, 0.5) is 4.39 Å². The summed E-state index contributed by atoms with van der Waals surface area (Å²) >= 11 is 0. The Hall–Kier alpha value is -1.51. The van der Waals surface area contributed by atoms with Gasteiger partial charge < -0.3 is 4.90 Å². The third-order valence-corrected chi connectivity index (χ3v) is 6.49. The predicted octanol–water partition coefficient (Wildman–Crippen LogP) is 1.48. The second-order valence-electron chi connectivity index (χ2n) is 5.75. The smallest absolute Gasteiger partial charge is 0.282 e. The van der Waals surface area contributed by atoms with Gasteiger partial charge in [0.15, 0.2) is 0 Å². The minimum absolute atomic E-state index is 0.249. The minimum atomic E-state index is -3.48. The molecule has 134 valence electrons. The minimum Gasteiger partial charge on any atom is -0.336 e. The number of carbonyl (C=O) groups is 1. The van der Waals surface area contributed by atoms with Gasteiger partial charge in [0, 0.05) is 44.8 Å². The highest BCUT2D eigenvalue weighted by Gasteiger charge is 2.32. The molecule has 6 nitrogen and oxygen atoms in total. The van der Waals surface area contributed by atoms with E-state index in [1.807, 2.05) is 0 Å². The molecule has 0 aliphatic carbocycles. The number of rotatable bonds is 5. The molecule has 1 aliphatic rings. The zero-order chi connectivity index (χ0) is 17.9. The zero-order valence-electron chi connectivity index (χ0n) is 14.3. The fraction of sp³-hybridized carbons (Fsp3) is 0.562. The number of nitrogens with zero attached hydrogens (tertiary/aromatic N) is 3. The Labute approximate surface area is 143 Å². The third-order valence-electron chi connectivity index (χ3n) is 4.30. The van der Waals surface area contributed by atoms with Gasteiger partial charge in [-0.15, -0.1) is 0 Å². The maximum Gasteiger partial charge on any atom is 0.282 e. The Kier molecular flexibility index (Phi) is 5.95. The predicted molar refractivity (Wildman–Crippen MR) is 90.5 cm³/mol. The molecule has 1 saturated heterocycles. The molecule has 1 aromatic rings. The summed E-state index contributed by atoms with van der Waals surface area (Å²) in [5.74, 6) is -0.683. The molecule has 8 heteroatoms. The lowest BCUT2D eigenvalue weighted by atomic mass is 10.1. The van der Waals surface area contributed by atoms with E-state index >= 15 is 0 Å². The number of hydrogen-bond acceptors (Lipinski definition) is 3. The summed E-state index contributed by atoms with van der Waals surface area (Å²) in [6, 6.07) is 4.40. The van der Waals surface area contributed by atoms with Crippen LogP contribution in [-0.4, -0.2) is 67.1 Å². The Morgan fingerprint density at radius 2 is 1.75 bits per heavy atom. The maximum absolute atomic E-state index is 13.6. The summed E-state index contributed by atoms with van der Waals surface area (Å²) in [5, 5.41) is 0. The van der Waals surface area contributed by atoms with Gasteiger partial charge in [0.05, 0.1) is 0 Å². The highest BCUT2D eigenvalue weighted by atomic mass is 32.2. The van der Waals surface area contributed by atoms with E-state index < -0.39 is 16.0 Å². The largest absolute Gasteiger partial charge is 0.336 e. The van der Waals surface area contributed by atoms with Crippen LogP contribution in [-0.2, 0) is 10.2 Å². The Morgan fingerprint density at radius 3 is 2.25 bits per heavy atom. The summed E-state index contributed by atoms with van der Waals surface area (Å²) in [7, 11) is -3.48. The van der Waals surface area contributed by atoms with Crippen LogP contribution in [0.3, 0.4) is 0 Å². The highest BCUT2D eigenvalue weighted by molar-refractivity contribution is 7.86. The Morgan fingerprint density at radius 1 is 1.17 bits per heavy atom. The molecule has 1 aromatic carbocycles. The molecular formula is C16H24FN3O3S. The first-order valence-electron chi connectivity index (χ1n) is 8.11. The molecule has 1 aliphatic heterocycles. The van der Waals surface area contributed by atoms with E-state index in [0.29, 0.717) is 31.7 Å². The lowest BCUT2D eigenvalue weighted by molar-refractivity contribution is 0.0693. The van der Waals surface area contributed by atoms with E-state index in [0.717, 1.165) is 0 Å². The van der Waals surface area contributed by atoms with Crippen LogP contribution in [0.1, 0.15) is 29.8 Å². The summed E-state index contributed by atoms with van der Waals surface area (Å²) in [6.07, 6.45) is 0. The molecule has 0 atom stereocenters. The lowest BCUT2D eigenvalue weighted by Gasteiger charge is -2.36. The van der Waals surface area contributed by atoms with E-state index in [2.05, 4.69) is 0 Å². The van der Waals surface area contributed by atoms with Crippen molar-refractivity contribution in [1.29, 1.82) is 0 Å². The van der Waals surface area contributed by atoms with Gasteiger partial charge in [-0.2, -0.15) is 17.0 Å². The van der Waals surface area contributed by atoms with Crippen LogP contribution < -0.4 is 0 Å².